The lowest BCUT2D eigenvalue weighted by atomic mass is 9.94. The molecule has 0 unspecified atom stereocenters. The second-order valence-corrected chi connectivity index (χ2v) is 10.6. The van der Waals surface area contributed by atoms with Gasteiger partial charge in [-0.2, -0.15) is 9.41 Å². The van der Waals surface area contributed by atoms with E-state index < -0.39 is 10.0 Å². The number of aromatic nitrogens is 1. The number of anilines is 1. The fourth-order valence-electron chi connectivity index (χ4n) is 3.38. The summed E-state index contributed by atoms with van der Waals surface area (Å²) >= 11 is 1.68. The Bertz CT molecular complexity index is 909. The molecule has 0 radical (unpaired) electrons. The second kappa shape index (κ2) is 8.08. The van der Waals surface area contributed by atoms with Crippen LogP contribution in [0.25, 0.3) is 0 Å². The van der Waals surface area contributed by atoms with Gasteiger partial charge in [-0.1, -0.05) is 13.8 Å². The minimum Gasteiger partial charge on any atom is -0.261 e. The Kier molecular flexibility index (Phi) is 5.98. The minimum atomic E-state index is -3.51. The standard InChI is InChI=1S/C19H26N4O2S2/c1-13-9-14(2)12-23(11-13)27(24,25)17-6-8-19(20-10-17)22-21-16(4)18-7-5-15(3)26-18/h5-8,10,13-14H,9,11-12H2,1-4H3,(H,20,22)/b21-16-/t13-,14-/m1/s1. The quantitative estimate of drug-likeness (QED) is 0.602. The number of sulfonamides is 1. The maximum absolute atomic E-state index is 12.9. The number of nitrogens with zero attached hydrogens (tertiary/aromatic N) is 3. The number of aryl methyl sites for hydroxylation is 1. The molecule has 0 aliphatic carbocycles. The summed E-state index contributed by atoms with van der Waals surface area (Å²) in [6.07, 6.45) is 2.47. The zero-order valence-electron chi connectivity index (χ0n) is 16.1. The van der Waals surface area contributed by atoms with E-state index in [2.05, 4.69) is 42.3 Å². The Balaban J connectivity index is 1.71. The maximum Gasteiger partial charge on any atom is 0.244 e. The van der Waals surface area contributed by atoms with Gasteiger partial charge in [0.2, 0.25) is 10.0 Å². The fraction of sp³-hybridized carbons (Fsp3) is 0.474. The van der Waals surface area contributed by atoms with E-state index in [4.69, 9.17) is 0 Å². The van der Waals surface area contributed by atoms with Gasteiger partial charge in [-0.3, -0.25) is 5.43 Å². The van der Waals surface area contributed by atoms with Crippen molar-refractivity contribution >= 4 is 32.9 Å². The molecular weight excluding hydrogens is 380 g/mol. The topological polar surface area (TPSA) is 74.7 Å². The van der Waals surface area contributed by atoms with Gasteiger partial charge in [0, 0.05) is 24.2 Å². The minimum absolute atomic E-state index is 0.226. The molecule has 1 aliphatic heterocycles. The van der Waals surface area contributed by atoms with Gasteiger partial charge in [0.05, 0.1) is 10.6 Å². The van der Waals surface area contributed by atoms with Crippen LogP contribution in [0.3, 0.4) is 0 Å². The maximum atomic E-state index is 12.9. The van der Waals surface area contributed by atoms with E-state index in [1.165, 1.54) is 11.1 Å². The van der Waals surface area contributed by atoms with Crippen molar-refractivity contribution in [3.8, 4) is 0 Å². The number of pyridine rings is 1. The van der Waals surface area contributed by atoms with E-state index in [1.807, 2.05) is 13.0 Å². The first-order valence-corrected chi connectivity index (χ1v) is 11.3. The van der Waals surface area contributed by atoms with Crippen LogP contribution in [0.1, 0.15) is 36.9 Å². The van der Waals surface area contributed by atoms with Gasteiger partial charge in [0.25, 0.3) is 0 Å². The average Bonchev–Trinajstić information content (AvgIpc) is 3.06. The van der Waals surface area contributed by atoms with E-state index in [1.54, 1.807) is 27.8 Å². The van der Waals surface area contributed by atoms with Crippen molar-refractivity contribution in [1.82, 2.24) is 9.29 Å². The van der Waals surface area contributed by atoms with Crippen LogP contribution >= 0.6 is 11.3 Å². The summed E-state index contributed by atoms with van der Waals surface area (Å²) in [4.78, 5) is 6.77. The van der Waals surface area contributed by atoms with Crippen LogP contribution in [0, 0.1) is 18.8 Å². The summed E-state index contributed by atoms with van der Waals surface area (Å²) in [5.74, 6) is 1.26. The molecule has 1 N–H and O–H groups in total. The monoisotopic (exact) mass is 406 g/mol. The van der Waals surface area contributed by atoms with Crippen LogP contribution in [0.2, 0.25) is 0 Å². The van der Waals surface area contributed by atoms with Crippen LogP contribution < -0.4 is 5.43 Å². The SMILES string of the molecule is C/C(=N/Nc1ccc(S(=O)(=O)N2C[C@H](C)C[C@@H](C)C2)cn1)c1ccc(C)s1. The Labute approximate surface area is 165 Å². The molecule has 0 bridgehead atoms. The zero-order chi connectivity index (χ0) is 19.6. The van der Waals surface area contributed by atoms with E-state index in [0.29, 0.717) is 30.7 Å². The molecule has 3 heterocycles. The lowest BCUT2D eigenvalue weighted by Gasteiger charge is -2.33. The molecule has 2 atom stereocenters. The van der Waals surface area contributed by atoms with Gasteiger partial charge < -0.3 is 0 Å². The van der Waals surface area contributed by atoms with Gasteiger partial charge in [-0.25, -0.2) is 13.4 Å². The second-order valence-electron chi connectivity index (χ2n) is 7.37. The fourth-order valence-corrected chi connectivity index (χ4v) is 5.81. The number of piperidine rings is 1. The van der Waals surface area contributed by atoms with Crippen LogP contribution in [-0.4, -0.2) is 36.5 Å². The molecule has 27 heavy (non-hydrogen) atoms. The lowest BCUT2D eigenvalue weighted by molar-refractivity contribution is 0.222. The third-order valence-electron chi connectivity index (χ3n) is 4.64. The number of nitrogens with one attached hydrogen (secondary N) is 1. The van der Waals surface area contributed by atoms with Gasteiger partial charge in [-0.05, 0) is 56.4 Å². The first-order valence-electron chi connectivity index (χ1n) is 9.09. The Hall–Kier alpha value is -1.77. The highest BCUT2D eigenvalue weighted by Crippen LogP contribution is 2.26. The first-order chi connectivity index (χ1) is 12.8. The van der Waals surface area contributed by atoms with Gasteiger partial charge in [-0.15, -0.1) is 11.3 Å². The van der Waals surface area contributed by atoms with Crippen molar-refractivity contribution in [2.75, 3.05) is 18.5 Å². The van der Waals surface area contributed by atoms with E-state index in [-0.39, 0.29) is 4.90 Å². The highest BCUT2D eigenvalue weighted by atomic mass is 32.2. The number of thiophene rings is 1. The molecule has 2 aromatic heterocycles. The van der Waals surface area contributed by atoms with Crippen molar-refractivity contribution in [2.45, 2.75) is 39.0 Å². The van der Waals surface area contributed by atoms with E-state index >= 15 is 0 Å². The molecule has 0 amide bonds. The summed E-state index contributed by atoms with van der Waals surface area (Å²) in [7, 11) is -3.51. The molecule has 3 rings (SSSR count). The third kappa shape index (κ3) is 4.75. The Morgan fingerprint density at radius 2 is 1.93 bits per heavy atom. The van der Waals surface area contributed by atoms with E-state index in [9.17, 15) is 8.42 Å². The van der Waals surface area contributed by atoms with Crippen LogP contribution in [0.5, 0.6) is 0 Å². The predicted molar refractivity (Wildman–Crippen MR) is 111 cm³/mol. The zero-order valence-corrected chi connectivity index (χ0v) is 17.8. The van der Waals surface area contributed by atoms with Gasteiger partial charge in [0.15, 0.2) is 0 Å². The molecule has 146 valence electrons. The summed E-state index contributed by atoms with van der Waals surface area (Å²) in [5.41, 5.74) is 3.76. The number of hydrogen-bond acceptors (Lipinski definition) is 6. The highest BCUT2D eigenvalue weighted by Gasteiger charge is 2.31. The summed E-state index contributed by atoms with van der Waals surface area (Å²) in [5, 5.41) is 4.33. The molecule has 0 saturated carbocycles. The molecular formula is C19H26N4O2S2. The molecule has 0 spiro atoms. The van der Waals surface area contributed by atoms with Crippen LogP contribution in [-0.2, 0) is 10.0 Å². The van der Waals surface area contributed by atoms with Crippen molar-refractivity contribution in [3.63, 3.8) is 0 Å². The molecule has 1 saturated heterocycles. The highest BCUT2D eigenvalue weighted by molar-refractivity contribution is 7.89. The molecule has 1 aliphatic rings. The smallest absolute Gasteiger partial charge is 0.244 e. The van der Waals surface area contributed by atoms with Crippen molar-refractivity contribution in [3.05, 3.63) is 40.2 Å². The number of rotatable bonds is 5. The summed E-state index contributed by atoms with van der Waals surface area (Å²) in [6, 6.07) is 7.33. The predicted octanol–water partition coefficient (Wildman–Crippen LogP) is 3.95. The molecule has 0 aromatic carbocycles. The normalized spacial score (nSPS) is 22.0. The molecule has 6 nitrogen and oxygen atoms in total. The third-order valence-corrected chi connectivity index (χ3v) is 7.57. The summed E-state index contributed by atoms with van der Waals surface area (Å²) < 4.78 is 27.3. The molecule has 2 aromatic rings. The van der Waals surface area contributed by atoms with Crippen molar-refractivity contribution < 1.29 is 8.42 Å². The summed E-state index contributed by atoms with van der Waals surface area (Å²) in [6.45, 7) is 9.31. The number of hydrazone groups is 1. The first kappa shape index (κ1) is 20.0. The largest absolute Gasteiger partial charge is 0.261 e. The van der Waals surface area contributed by atoms with Gasteiger partial charge in [0.1, 0.15) is 10.7 Å². The Morgan fingerprint density at radius 3 is 2.48 bits per heavy atom. The lowest BCUT2D eigenvalue weighted by Crippen LogP contribution is -2.42. The average molecular weight is 407 g/mol. The molecule has 8 heteroatoms. The van der Waals surface area contributed by atoms with Gasteiger partial charge >= 0.3 is 0 Å². The number of hydrogen-bond donors (Lipinski definition) is 1. The van der Waals surface area contributed by atoms with Crippen molar-refractivity contribution in [1.29, 1.82) is 0 Å². The van der Waals surface area contributed by atoms with E-state index in [0.717, 1.165) is 17.0 Å². The molecule has 1 fully saturated rings. The van der Waals surface area contributed by atoms with Crippen LogP contribution in [0.4, 0.5) is 5.82 Å². The van der Waals surface area contributed by atoms with Crippen LogP contribution in [0.15, 0.2) is 40.5 Å². The van der Waals surface area contributed by atoms with Crippen molar-refractivity contribution in [2.24, 2.45) is 16.9 Å². The Morgan fingerprint density at radius 1 is 1.22 bits per heavy atom.